The van der Waals surface area contributed by atoms with Crippen molar-refractivity contribution in [1.82, 2.24) is 9.55 Å². The summed E-state index contributed by atoms with van der Waals surface area (Å²) in [5.74, 6) is 0.724. The SMILES string of the molecule is CCOC(=C(C)n1ccnc1)c1ccc(Cl)cc1Cl. The fourth-order valence-electron chi connectivity index (χ4n) is 1.77. The van der Waals surface area contributed by atoms with E-state index in [-0.39, 0.29) is 0 Å². The zero-order valence-electron chi connectivity index (χ0n) is 10.7. The molecular formula is C14H14Cl2N2O. The van der Waals surface area contributed by atoms with Crippen molar-refractivity contribution in [3.8, 4) is 0 Å². The molecule has 0 aliphatic rings. The molecule has 0 spiro atoms. The minimum absolute atomic E-state index is 0.556. The Hall–Kier alpha value is -1.45. The van der Waals surface area contributed by atoms with Crippen LogP contribution in [0.1, 0.15) is 19.4 Å². The Kier molecular flexibility index (Phi) is 4.51. The highest BCUT2D eigenvalue weighted by Gasteiger charge is 2.12. The van der Waals surface area contributed by atoms with Crippen molar-refractivity contribution < 1.29 is 4.74 Å². The van der Waals surface area contributed by atoms with Crippen molar-refractivity contribution in [3.05, 3.63) is 52.5 Å². The highest BCUT2D eigenvalue weighted by Crippen LogP contribution is 2.31. The van der Waals surface area contributed by atoms with Gasteiger partial charge < -0.3 is 9.30 Å². The number of aromatic nitrogens is 2. The zero-order valence-corrected chi connectivity index (χ0v) is 12.2. The number of ether oxygens (including phenoxy) is 1. The van der Waals surface area contributed by atoms with E-state index in [9.17, 15) is 0 Å². The number of hydrogen-bond acceptors (Lipinski definition) is 2. The summed E-state index contributed by atoms with van der Waals surface area (Å²) in [7, 11) is 0. The molecule has 1 heterocycles. The van der Waals surface area contributed by atoms with Gasteiger partial charge in [0.15, 0.2) is 0 Å². The quantitative estimate of drug-likeness (QED) is 0.773. The number of hydrogen-bond donors (Lipinski definition) is 0. The third-order valence-corrected chi connectivity index (χ3v) is 3.23. The van der Waals surface area contributed by atoms with E-state index in [0.717, 1.165) is 17.0 Å². The lowest BCUT2D eigenvalue weighted by Crippen LogP contribution is -2.00. The molecule has 100 valence electrons. The standard InChI is InChI=1S/C14H14Cl2N2O/c1-3-19-14(10(2)18-7-6-17-9-18)12-5-4-11(15)8-13(12)16/h4-9H,3H2,1-2H3. The molecule has 2 aromatic rings. The topological polar surface area (TPSA) is 27.1 Å². The van der Waals surface area contributed by atoms with Crippen LogP contribution in [0.4, 0.5) is 0 Å². The molecule has 0 aliphatic heterocycles. The monoisotopic (exact) mass is 296 g/mol. The first-order valence-electron chi connectivity index (χ1n) is 5.91. The van der Waals surface area contributed by atoms with E-state index >= 15 is 0 Å². The molecule has 5 heteroatoms. The molecule has 0 unspecified atom stereocenters. The van der Waals surface area contributed by atoms with E-state index < -0.39 is 0 Å². The zero-order chi connectivity index (χ0) is 13.8. The Morgan fingerprint density at radius 2 is 2.16 bits per heavy atom. The van der Waals surface area contributed by atoms with Gasteiger partial charge in [-0.2, -0.15) is 0 Å². The van der Waals surface area contributed by atoms with Crippen molar-refractivity contribution in [2.24, 2.45) is 0 Å². The maximum atomic E-state index is 6.24. The predicted octanol–water partition coefficient (Wildman–Crippen LogP) is 4.57. The minimum Gasteiger partial charge on any atom is -0.491 e. The van der Waals surface area contributed by atoms with E-state index in [1.807, 2.05) is 30.7 Å². The molecule has 0 radical (unpaired) electrons. The van der Waals surface area contributed by atoms with E-state index in [0.29, 0.717) is 16.7 Å². The third-order valence-electron chi connectivity index (χ3n) is 2.68. The summed E-state index contributed by atoms with van der Waals surface area (Å²) in [6, 6.07) is 5.36. The van der Waals surface area contributed by atoms with Crippen LogP contribution in [-0.2, 0) is 4.74 Å². The number of halogens is 2. The van der Waals surface area contributed by atoms with Crippen LogP contribution in [0, 0.1) is 0 Å². The Bertz CT molecular complexity index is 591. The largest absolute Gasteiger partial charge is 0.491 e. The summed E-state index contributed by atoms with van der Waals surface area (Å²) in [6.07, 6.45) is 5.30. The third kappa shape index (κ3) is 3.11. The van der Waals surface area contributed by atoms with Gasteiger partial charge in [-0.05, 0) is 32.0 Å². The molecule has 0 aliphatic carbocycles. The van der Waals surface area contributed by atoms with E-state index in [2.05, 4.69) is 4.98 Å². The van der Waals surface area contributed by atoms with Gasteiger partial charge in [0.1, 0.15) is 5.76 Å². The van der Waals surface area contributed by atoms with Gasteiger partial charge in [-0.1, -0.05) is 23.2 Å². The summed E-state index contributed by atoms with van der Waals surface area (Å²) >= 11 is 12.2. The maximum absolute atomic E-state index is 6.24. The molecule has 1 aromatic heterocycles. The second-order valence-corrected chi connectivity index (χ2v) is 4.79. The van der Waals surface area contributed by atoms with Gasteiger partial charge in [0.05, 0.1) is 23.7 Å². The van der Waals surface area contributed by atoms with Crippen LogP contribution in [0.25, 0.3) is 11.5 Å². The van der Waals surface area contributed by atoms with Crippen LogP contribution in [0.2, 0.25) is 10.0 Å². The number of benzene rings is 1. The predicted molar refractivity (Wildman–Crippen MR) is 79.1 cm³/mol. The van der Waals surface area contributed by atoms with Gasteiger partial charge in [-0.3, -0.25) is 0 Å². The van der Waals surface area contributed by atoms with Crippen LogP contribution >= 0.6 is 23.2 Å². The van der Waals surface area contributed by atoms with Gasteiger partial charge >= 0.3 is 0 Å². The Balaban J connectivity index is 2.54. The first-order chi connectivity index (χ1) is 9.13. The molecule has 0 atom stereocenters. The summed E-state index contributed by atoms with van der Waals surface area (Å²) in [5.41, 5.74) is 1.74. The molecule has 3 nitrogen and oxygen atoms in total. The van der Waals surface area contributed by atoms with Gasteiger partial charge in [-0.25, -0.2) is 4.98 Å². The van der Waals surface area contributed by atoms with Gasteiger partial charge in [0, 0.05) is 23.0 Å². The lowest BCUT2D eigenvalue weighted by molar-refractivity contribution is 0.298. The number of rotatable bonds is 4. The molecule has 0 saturated heterocycles. The number of nitrogens with zero attached hydrogens (tertiary/aromatic N) is 2. The molecule has 2 rings (SSSR count). The average molecular weight is 297 g/mol. The second-order valence-electron chi connectivity index (χ2n) is 3.94. The summed E-state index contributed by atoms with van der Waals surface area (Å²) in [6.45, 7) is 4.45. The molecule has 19 heavy (non-hydrogen) atoms. The van der Waals surface area contributed by atoms with Crippen LogP contribution in [0.5, 0.6) is 0 Å². The Morgan fingerprint density at radius 3 is 2.74 bits per heavy atom. The number of allylic oxidation sites excluding steroid dienone is 1. The van der Waals surface area contributed by atoms with Crippen molar-refractivity contribution in [2.75, 3.05) is 6.61 Å². The van der Waals surface area contributed by atoms with Crippen LogP contribution in [0.3, 0.4) is 0 Å². The van der Waals surface area contributed by atoms with Gasteiger partial charge in [-0.15, -0.1) is 0 Å². The molecule has 0 N–H and O–H groups in total. The molecule has 1 aromatic carbocycles. The van der Waals surface area contributed by atoms with Crippen molar-refractivity contribution in [3.63, 3.8) is 0 Å². The fourth-order valence-corrected chi connectivity index (χ4v) is 2.26. The average Bonchev–Trinajstić information content (AvgIpc) is 2.90. The van der Waals surface area contributed by atoms with Crippen molar-refractivity contribution in [2.45, 2.75) is 13.8 Å². The fraction of sp³-hybridized carbons (Fsp3) is 0.214. The molecule has 0 fully saturated rings. The Morgan fingerprint density at radius 1 is 1.37 bits per heavy atom. The van der Waals surface area contributed by atoms with E-state index in [4.69, 9.17) is 27.9 Å². The lowest BCUT2D eigenvalue weighted by Gasteiger charge is -2.15. The first-order valence-corrected chi connectivity index (χ1v) is 6.66. The summed E-state index contributed by atoms with van der Waals surface area (Å²) in [4.78, 5) is 4.04. The van der Waals surface area contributed by atoms with Crippen LogP contribution in [0.15, 0.2) is 36.9 Å². The summed E-state index contributed by atoms with van der Waals surface area (Å²) in [5, 5.41) is 1.17. The Labute approximate surface area is 122 Å². The second kappa shape index (κ2) is 6.13. The molecule has 0 bridgehead atoms. The normalized spacial score (nSPS) is 12.2. The lowest BCUT2D eigenvalue weighted by atomic mass is 10.1. The molecule has 0 saturated carbocycles. The summed E-state index contributed by atoms with van der Waals surface area (Å²) < 4.78 is 7.62. The van der Waals surface area contributed by atoms with Gasteiger partial charge in [0.2, 0.25) is 0 Å². The molecule has 0 amide bonds. The minimum atomic E-state index is 0.556. The highest BCUT2D eigenvalue weighted by molar-refractivity contribution is 6.35. The molecular weight excluding hydrogens is 283 g/mol. The van der Waals surface area contributed by atoms with Crippen molar-refractivity contribution >= 4 is 34.7 Å². The number of imidazole rings is 1. The van der Waals surface area contributed by atoms with Crippen molar-refractivity contribution in [1.29, 1.82) is 0 Å². The highest BCUT2D eigenvalue weighted by atomic mass is 35.5. The van der Waals surface area contributed by atoms with E-state index in [1.165, 1.54) is 0 Å². The smallest absolute Gasteiger partial charge is 0.147 e. The maximum Gasteiger partial charge on any atom is 0.147 e. The van der Waals surface area contributed by atoms with Crippen LogP contribution < -0.4 is 0 Å². The van der Waals surface area contributed by atoms with E-state index in [1.54, 1.807) is 24.7 Å². The van der Waals surface area contributed by atoms with Crippen LogP contribution in [-0.4, -0.2) is 16.2 Å². The van der Waals surface area contributed by atoms with Gasteiger partial charge in [0.25, 0.3) is 0 Å². The first kappa shape index (κ1) is 14.0.